The summed E-state index contributed by atoms with van der Waals surface area (Å²) in [6.07, 6.45) is 0.380. The molecule has 43 heavy (non-hydrogen) atoms. The minimum atomic E-state index is -1.47. The van der Waals surface area contributed by atoms with Crippen molar-refractivity contribution in [1.29, 1.82) is 0 Å². The van der Waals surface area contributed by atoms with E-state index in [-0.39, 0.29) is 23.6 Å². The molecule has 4 atom stereocenters. The van der Waals surface area contributed by atoms with Crippen LogP contribution >= 0.6 is 0 Å². The highest BCUT2D eigenvalue weighted by atomic mass is 16.6. The van der Waals surface area contributed by atoms with Crippen LogP contribution in [0.3, 0.4) is 0 Å². The zero-order valence-electron chi connectivity index (χ0n) is 24.9. The van der Waals surface area contributed by atoms with Crippen LogP contribution in [0, 0.1) is 11.8 Å². The number of methoxy groups -OCH3 is 1. The fourth-order valence-corrected chi connectivity index (χ4v) is 4.19. The van der Waals surface area contributed by atoms with Crippen molar-refractivity contribution in [3.05, 3.63) is 65.5 Å². The number of carbonyl (C=O) groups is 5. The van der Waals surface area contributed by atoms with E-state index in [1.165, 1.54) is 32.4 Å². The maximum atomic E-state index is 13.4. The molecule has 1 aromatic carbocycles. The number of rotatable bonds is 9. The Kier molecular flexibility index (Phi) is 11.4. The normalized spacial score (nSPS) is 20.3. The van der Waals surface area contributed by atoms with Gasteiger partial charge in [0.2, 0.25) is 5.75 Å². The monoisotopic (exact) mass is 596 g/mol. The second-order valence-electron chi connectivity index (χ2n) is 10.5. The van der Waals surface area contributed by atoms with Crippen molar-refractivity contribution < 1.29 is 47.7 Å². The summed E-state index contributed by atoms with van der Waals surface area (Å²) in [5, 5.41) is 2.44. The minimum Gasteiger partial charge on any atom is -0.493 e. The number of hydrogen-bond acceptors (Lipinski definition) is 11. The zero-order chi connectivity index (χ0) is 31.7. The van der Waals surface area contributed by atoms with E-state index in [0.29, 0.717) is 5.57 Å². The van der Waals surface area contributed by atoms with Crippen molar-refractivity contribution in [2.75, 3.05) is 13.7 Å². The molecule has 0 aliphatic carbocycles. The Morgan fingerprint density at radius 3 is 2.42 bits per heavy atom. The van der Waals surface area contributed by atoms with Crippen LogP contribution in [0.4, 0.5) is 0 Å². The first kappa shape index (κ1) is 32.8. The molecule has 1 saturated heterocycles. The molecule has 0 bridgehead atoms. The van der Waals surface area contributed by atoms with Gasteiger partial charge in [0.25, 0.3) is 5.91 Å². The van der Waals surface area contributed by atoms with E-state index in [1.807, 2.05) is 18.2 Å². The number of aromatic nitrogens is 1. The van der Waals surface area contributed by atoms with Gasteiger partial charge in [-0.1, -0.05) is 49.8 Å². The van der Waals surface area contributed by atoms with E-state index in [0.717, 1.165) is 5.56 Å². The Balaban J connectivity index is 1.90. The highest BCUT2D eigenvalue weighted by molar-refractivity contribution is 5.99. The quantitative estimate of drug-likeness (QED) is 0.258. The fraction of sp³-hybridized carbons (Fsp3) is 0.419. The van der Waals surface area contributed by atoms with Crippen LogP contribution in [-0.4, -0.2) is 66.7 Å². The number of hydrogen-bond donors (Lipinski definition) is 1. The SMILES string of the molecule is COc1ccnc(C(=O)N[C@H]2COC(=O)[C@H](Cc3ccccc3)[C@@H](OC(=O)C(C)C)[C@H](C)OC2=O)c1OC(=O)C=C(C)C. The van der Waals surface area contributed by atoms with Crippen molar-refractivity contribution in [3.8, 4) is 11.5 Å². The molecule has 0 spiro atoms. The van der Waals surface area contributed by atoms with Crippen LogP contribution in [0.1, 0.15) is 50.7 Å². The van der Waals surface area contributed by atoms with E-state index in [2.05, 4.69) is 10.3 Å². The van der Waals surface area contributed by atoms with Gasteiger partial charge in [0.15, 0.2) is 23.6 Å². The molecule has 12 heteroatoms. The van der Waals surface area contributed by atoms with Crippen molar-refractivity contribution in [2.45, 2.75) is 59.3 Å². The van der Waals surface area contributed by atoms with Crippen molar-refractivity contribution in [1.82, 2.24) is 10.3 Å². The molecule has 1 N–H and O–H groups in total. The number of carbonyl (C=O) groups excluding carboxylic acids is 5. The lowest BCUT2D eigenvalue weighted by molar-refractivity contribution is -0.176. The fourth-order valence-electron chi connectivity index (χ4n) is 4.19. The summed E-state index contributed by atoms with van der Waals surface area (Å²) >= 11 is 0. The predicted octanol–water partition coefficient (Wildman–Crippen LogP) is 2.98. The maximum Gasteiger partial charge on any atom is 0.336 e. The van der Waals surface area contributed by atoms with Crippen LogP contribution in [0.5, 0.6) is 11.5 Å². The van der Waals surface area contributed by atoms with Gasteiger partial charge >= 0.3 is 23.9 Å². The summed E-state index contributed by atoms with van der Waals surface area (Å²) in [5.74, 6) is -5.70. The van der Waals surface area contributed by atoms with E-state index in [1.54, 1.807) is 39.8 Å². The number of amides is 1. The van der Waals surface area contributed by atoms with Gasteiger partial charge in [-0.15, -0.1) is 0 Å². The molecule has 12 nitrogen and oxygen atoms in total. The van der Waals surface area contributed by atoms with Gasteiger partial charge in [0, 0.05) is 18.3 Å². The number of ether oxygens (including phenoxy) is 5. The summed E-state index contributed by atoms with van der Waals surface area (Å²) < 4.78 is 27.3. The number of esters is 4. The van der Waals surface area contributed by atoms with Crippen molar-refractivity contribution in [2.24, 2.45) is 11.8 Å². The molecular weight excluding hydrogens is 560 g/mol. The Morgan fingerprint density at radius 1 is 1.09 bits per heavy atom. The first-order valence-electron chi connectivity index (χ1n) is 13.7. The molecule has 3 rings (SSSR count). The minimum absolute atomic E-state index is 0.0475. The molecule has 0 unspecified atom stereocenters. The molecule has 1 aromatic heterocycles. The third kappa shape index (κ3) is 8.87. The summed E-state index contributed by atoms with van der Waals surface area (Å²) in [5.41, 5.74) is 1.08. The molecule has 1 aliphatic heterocycles. The Morgan fingerprint density at radius 2 is 1.79 bits per heavy atom. The Hall–Kier alpha value is -4.74. The summed E-state index contributed by atoms with van der Waals surface area (Å²) in [4.78, 5) is 68.9. The van der Waals surface area contributed by atoms with Crippen LogP contribution in [0.2, 0.25) is 0 Å². The van der Waals surface area contributed by atoms with Gasteiger partial charge in [0.05, 0.1) is 13.0 Å². The molecule has 1 aliphatic rings. The molecule has 0 saturated carbocycles. The lowest BCUT2D eigenvalue weighted by atomic mass is 9.91. The smallest absolute Gasteiger partial charge is 0.336 e. The second kappa shape index (κ2) is 14.9. The average molecular weight is 597 g/mol. The maximum absolute atomic E-state index is 13.4. The molecule has 0 radical (unpaired) electrons. The van der Waals surface area contributed by atoms with Gasteiger partial charge in [-0.2, -0.15) is 0 Å². The molecule has 230 valence electrons. The number of pyridine rings is 1. The van der Waals surface area contributed by atoms with Crippen molar-refractivity contribution in [3.63, 3.8) is 0 Å². The first-order valence-corrected chi connectivity index (χ1v) is 13.7. The number of allylic oxidation sites excluding steroid dienone is 1. The van der Waals surface area contributed by atoms with Gasteiger partial charge in [-0.05, 0) is 32.8 Å². The summed E-state index contributed by atoms with van der Waals surface area (Å²) in [7, 11) is 1.32. The Bertz CT molecular complexity index is 1370. The lowest BCUT2D eigenvalue weighted by Gasteiger charge is -2.29. The number of cyclic esters (lactones) is 2. The van der Waals surface area contributed by atoms with Crippen LogP contribution in [-0.2, 0) is 39.8 Å². The third-order valence-electron chi connectivity index (χ3n) is 6.38. The van der Waals surface area contributed by atoms with Crippen LogP contribution in [0.25, 0.3) is 0 Å². The van der Waals surface area contributed by atoms with Crippen molar-refractivity contribution >= 4 is 29.8 Å². The van der Waals surface area contributed by atoms with E-state index >= 15 is 0 Å². The topological polar surface area (TPSA) is 156 Å². The molecule has 1 fully saturated rings. The summed E-state index contributed by atoms with van der Waals surface area (Å²) in [6, 6.07) is 8.98. The zero-order valence-corrected chi connectivity index (χ0v) is 24.9. The highest BCUT2D eigenvalue weighted by Crippen LogP contribution is 2.30. The predicted molar refractivity (Wildman–Crippen MR) is 152 cm³/mol. The molecule has 2 heterocycles. The van der Waals surface area contributed by atoms with Gasteiger partial charge in [0.1, 0.15) is 18.6 Å². The van der Waals surface area contributed by atoms with E-state index in [9.17, 15) is 24.0 Å². The van der Waals surface area contributed by atoms with Crippen LogP contribution < -0.4 is 14.8 Å². The largest absolute Gasteiger partial charge is 0.493 e. The second-order valence-corrected chi connectivity index (χ2v) is 10.5. The number of benzene rings is 1. The van der Waals surface area contributed by atoms with Gasteiger partial charge in [-0.25, -0.2) is 14.6 Å². The Labute approximate surface area is 249 Å². The number of nitrogens with zero attached hydrogens (tertiary/aromatic N) is 1. The van der Waals surface area contributed by atoms with Crippen LogP contribution in [0.15, 0.2) is 54.2 Å². The van der Waals surface area contributed by atoms with E-state index in [4.69, 9.17) is 23.7 Å². The lowest BCUT2D eigenvalue weighted by Crippen LogP contribution is -2.47. The molecule has 1 amide bonds. The van der Waals surface area contributed by atoms with Gasteiger partial charge < -0.3 is 29.0 Å². The highest BCUT2D eigenvalue weighted by Gasteiger charge is 2.42. The van der Waals surface area contributed by atoms with E-state index < -0.39 is 66.5 Å². The van der Waals surface area contributed by atoms with Gasteiger partial charge in [-0.3, -0.25) is 14.4 Å². The first-order chi connectivity index (χ1) is 20.4. The average Bonchev–Trinajstić information content (AvgIpc) is 2.99. The molecular formula is C31H36N2O10. The molecule has 2 aromatic rings. The summed E-state index contributed by atoms with van der Waals surface area (Å²) in [6.45, 7) is 7.59. The standard InChI is InChI=1S/C31H36N2O10/c1-17(2)14-24(34)42-27-23(39-6)12-13-32-25(27)28(35)33-22-16-40-30(37)21(15-20-10-8-7-9-11-20)26(19(5)41-31(22)38)43-29(36)18(3)4/h7-14,18-19,21-22,26H,15-16H2,1-6H3,(H,33,35)/t19-,21+,22-,26-/m0/s1. The third-order valence-corrected chi connectivity index (χ3v) is 6.38. The number of nitrogens with one attached hydrogen (secondary N) is 1.